The molecule has 1 rings (SSSR count). The van der Waals surface area contributed by atoms with Gasteiger partial charge in [0.05, 0.1) is 5.60 Å². The van der Waals surface area contributed by atoms with Crippen molar-refractivity contribution in [1.82, 2.24) is 0 Å². The number of nitrogens with two attached hydrogens (primary N) is 1. The largest absolute Gasteiger partial charge is 0.388 e. The SMILES string of the molecule is CCCCC(CC)CC(O)(CN)C1CC1. The zero-order chi connectivity index (χ0) is 11.3. The predicted molar refractivity (Wildman–Crippen MR) is 64.7 cm³/mol. The molecule has 2 nitrogen and oxygen atoms in total. The van der Waals surface area contributed by atoms with Crippen LogP contribution < -0.4 is 5.73 Å². The third kappa shape index (κ3) is 3.76. The van der Waals surface area contributed by atoms with Crippen LogP contribution in [0, 0.1) is 11.8 Å². The van der Waals surface area contributed by atoms with Gasteiger partial charge >= 0.3 is 0 Å². The van der Waals surface area contributed by atoms with Crippen molar-refractivity contribution in [1.29, 1.82) is 0 Å². The Bertz CT molecular complexity index is 179. The summed E-state index contributed by atoms with van der Waals surface area (Å²) in [6.45, 7) is 4.90. The minimum atomic E-state index is -0.547. The summed E-state index contributed by atoms with van der Waals surface area (Å²) in [5.41, 5.74) is 5.18. The van der Waals surface area contributed by atoms with Crippen LogP contribution in [0.25, 0.3) is 0 Å². The fourth-order valence-electron chi connectivity index (χ4n) is 2.48. The summed E-state index contributed by atoms with van der Waals surface area (Å²) in [6, 6.07) is 0. The standard InChI is InChI=1S/C13H27NO/c1-3-5-6-11(4-2)9-13(15,10-14)12-7-8-12/h11-12,15H,3-10,14H2,1-2H3. The average molecular weight is 213 g/mol. The molecule has 0 heterocycles. The van der Waals surface area contributed by atoms with Gasteiger partial charge in [0.15, 0.2) is 0 Å². The van der Waals surface area contributed by atoms with Gasteiger partial charge in [0.1, 0.15) is 0 Å². The molecule has 0 aromatic carbocycles. The minimum absolute atomic E-state index is 0.445. The molecule has 15 heavy (non-hydrogen) atoms. The van der Waals surface area contributed by atoms with Crippen molar-refractivity contribution in [3.05, 3.63) is 0 Å². The number of hydrogen-bond acceptors (Lipinski definition) is 2. The van der Waals surface area contributed by atoms with Gasteiger partial charge in [0.2, 0.25) is 0 Å². The van der Waals surface area contributed by atoms with Gasteiger partial charge in [0.25, 0.3) is 0 Å². The summed E-state index contributed by atoms with van der Waals surface area (Å²) < 4.78 is 0. The van der Waals surface area contributed by atoms with Crippen molar-refractivity contribution < 1.29 is 5.11 Å². The van der Waals surface area contributed by atoms with E-state index in [1.807, 2.05) is 0 Å². The third-order valence-electron chi connectivity index (χ3n) is 3.88. The second kappa shape index (κ2) is 5.86. The molecule has 1 aliphatic carbocycles. The Hall–Kier alpha value is -0.0800. The van der Waals surface area contributed by atoms with Crippen molar-refractivity contribution in [3.63, 3.8) is 0 Å². The van der Waals surface area contributed by atoms with Crippen LogP contribution in [-0.2, 0) is 0 Å². The van der Waals surface area contributed by atoms with Gasteiger partial charge in [-0.2, -0.15) is 0 Å². The summed E-state index contributed by atoms with van der Waals surface area (Å²) >= 11 is 0. The minimum Gasteiger partial charge on any atom is -0.388 e. The lowest BCUT2D eigenvalue weighted by Crippen LogP contribution is -2.41. The molecule has 1 aliphatic rings. The van der Waals surface area contributed by atoms with Crippen molar-refractivity contribution in [2.45, 2.75) is 64.4 Å². The van der Waals surface area contributed by atoms with E-state index >= 15 is 0 Å². The Balaban J connectivity index is 2.40. The molecule has 2 heteroatoms. The van der Waals surface area contributed by atoms with Crippen LogP contribution in [0.2, 0.25) is 0 Å². The number of rotatable bonds is 8. The van der Waals surface area contributed by atoms with Crippen molar-refractivity contribution >= 4 is 0 Å². The first-order valence-electron chi connectivity index (χ1n) is 6.58. The first-order valence-corrected chi connectivity index (χ1v) is 6.58. The molecule has 0 aromatic rings. The van der Waals surface area contributed by atoms with Crippen LogP contribution in [0.5, 0.6) is 0 Å². The van der Waals surface area contributed by atoms with Crippen LogP contribution in [0.3, 0.4) is 0 Å². The molecule has 90 valence electrons. The summed E-state index contributed by atoms with van der Waals surface area (Å²) in [4.78, 5) is 0. The van der Waals surface area contributed by atoms with Gasteiger partial charge in [-0.05, 0) is 31.1 Å². The molecule has 1 fully saturated rings. The van der Waals surface area contributed by atoms with Crippen molar-refractivity contribution in [3.8, 4) is 0 Å². The third-order valence-corrected chi connectivity index (χ3v) is 3.88. The van der Waals surface area contributed by atoms with Crippen LogP contribution in [0.4, 0.5) is 0 Å². The Labute approximate surface area is 94.2 Å². The van der Waals surface area contributed by atoms with Gasteiger partial charge in [-0.25, -0.2) is 0 Å². The highest BCUT2D eigenvalue weighted by atomic mass is 16.3. The van der Waals surface area contributed by atoms with E-state index in [2.05, 4.69) is 13.8 Å². The fraction of sp³-hybridized carbons (Fsp3) is 1.00. The monoisotopic (exact) mass is 213 g/mol. The normalized spacial score (nSPS) is 22.4. The van der Waals surface area contributed by atoms with E-state index in [1.165, 1.54) is 38.5 Å². The van der Waals surface area contributed by atoms with Crippen LogP contribution in [0.1, 0.15) is 58.8 Å². The van der Waals surface area contributed by atoms with E-state index in [0.717, 1.165) is 6.42 Å². The van der Waals surface area contributed by atoms with Gasteiger partial charge < -0.3 is 10.8 Å². The van der Waals surface area contributed by atoms with Gasteiger partial charge in [-0.15, -0.1) is 0 Å². The van der Waals surface area contributed by atoms with E-state index in [0.29, 0.717) is 18.4 Å². The van der Waals surface area contributed by atoms with Gasteiger partial charge in [0, 0.05) is 6.54 Å². The molecule has 3 N–H and O–H groups in total. The zero-order valence-electron chi connectivity index (χ0n) is 10.3. The Morgan fingerprint density at radius 3 is 2.47 bits per heavy atom. The second-order valence-electron chi connectivity index (χ2n) is 5.20. The van der Waals surface area contributed by atoms with E-state index in [1.54, 1.807) is 0 Å². The van der Waals surface area contributed by atoms with Crippen molar-refractivity contribution in [2.24, 2.45) is 17.6 Å². The van der Waals surface area contributed by atoms with Crippen LogP contribution in [0.15, 0.2) is 0 Å². The molecule has 0 amide bonds. The lowest BCUT2D eigenvalue weighted by molar-refractivity contribution is 0.000452. The van der Waals surface area contributed by atoms with E-state index in [-0.39, 0.29) is 0 Å². The molecule has 0 spiro atoms. The summed E-state index contributed by atoms with van der Waals surface area (Å²) in [7, 11) is 0. The number of unbranched alkanes of at least 4 members (excludes halogenated alkanes) is 1. The molecule has 0 saturated heterocycles. The molecular formula is C13H27NO. The maximum absolute atomic E-state index is 10.4. The molecule has 2 atom stereocenters. The highest BCUT2D eigenvalue weighted by molar-refractivity contribution is 4.96. The van der Waals surface area contributed by atoms with E-state index in [9.17, 15) is 5.11 Å². The molecule has 2 unspecified atom stereocenters. The summed E-state index contributed by atoms with van der Waals surface area (Å²) in [5.74, 6) is 1.16. The Morgan fingerprint density at radius 1 is 1.40 bits per heavy atom. The average Bonchev–Trinajstić information content (AvgIpc) is 3.07. The Morgan fingerprint density at radius 2 is 2.07 bits per heavy atom. The zero-order valence-corrected chi connectivity index (χ0v) is 10.3. The van der Waals surface area contributed by atoms with Crippen LogP contribution >= 0.6 is 0 Å². The first kappa shape index (κ1) is 13.0. The molecule has 1 saturated carbocycles. The molecule has 0 radical (unpaired) electrons. The summed E-state index contributed by atoms with van der Waals surface area (Å²) in [6.07, 6.45) is 8.24. The lowest BCUT2D eigenvalue weighted by Gasteiger charge is -2.30. The molecular weight excluding hydrogens is 186 g/mol. The topological polar surface area (TPSA) is 46.2 Å². The van der Waals surface area contributed by atoms with E-state index < -0.39 is 5.60 Å². The smallest absolute Gasteiger partial charge is 0.0800 e. The molecule has 0 aromatic heterocycles. The predicted octanol–water partition coefficient (Wildman–Crippen LogP) is 2.69. The lowest BCUT2D eigenvalue weighted by atomic mass is 9.83. The first-order chi connectivity index (χ1) is 7.16. The summed E-state index contributed by atoms with van der Waals surface area (Å²) in [5, 5.41) is 10.4. The van der Waals surface area contributed by atoms with E-state index in [4.69, 9.17) is 5.73 Å². The quantitative estimate of drug-likeness (QED) is 0.651. The van der Waals surface area contributed by atoms with Crippen molar-refractivity contribution in [2.75, 3.05) is 6.54 Å². The fourth-order valence-corrected chi connectivity index (χ4v) is 2.48. The van der Waals surface area contributed by atoms with Crippen LogP contribution in [-0.4, -0.2) is 17.3 Å². The Kier molecular flexibility index (Phi) is 5.07. The molecule has 0 bridgehead atoms. The second-order valence-corrected chi connectivity index (χ2v) is 5.20. The highest BCUT2D eigenvalue weighted by Crippen LogP contribution is 2.43. The van der Waals surface area contributed by atoms with Gasteiger partial charge in [-0.1, -0.05) is 39.5 Å². The van der Waals surface area contributed by atoms with Gasteiger partial charge in [-0.3, -0.25) is 0 Å². The maximum atomic E-state index is 10.4. The number of hydrogen-bond donors (Lipinski definition) is 2. The number of aliphatic hydroxyl groups is 1. The molecule has 0 aliphatic heterocycles. The maximum Gasteiger partial charge on any atom is 0.0800 e. The highest BCUT2D eigenvalue weighted by Gasteiger charge is 2.43.